The van der Waals surface area contributed by atoms with E-state index < -0.39 is 0 Å². The lowest BCUT2D eigenvalue weighted by Gasteiger charge is -2.39. The molecule has 3 heteroatoms. The summed E-state index contributed by atoms with van der Waals surface area (Å²) >= 11 is 0. The predicted molar refractivity (Wildman–Crippen MR) is 80.6 cm³/mol. The third-order valence-electron chi connectivity index (χ3n) is 3.59. The standard InChI is InChI=1S/C16H33NO2/c1-7-14-10-17(11-15(8-2)19-14)9-13(3)12-18-16(4,5)6/h13-15H,7-12H2,1-6H3/t13-,14-,15+/m1/s1. The Hall–Kier alpha value is -0.120. The summed E-state index contributed by atoms with van der Waals surface area (Å²) in [6.45, 7) is 17.2. The maximum atomic E-state index is 6.04. The number of rotatable bonds is 6. The molecule has 0 bridgehead atoms. The van der Waals surface area contributed by atoms with Gasteiger partial charge in [0.25, 0.3) is 0 Å². The van der Waals surface area contributed by atoms with Gasteiger partial charge < -0.3 is 9.47 Å². The van der Waals surface area contributed by atoms with E-state index in [-0.39, 0.29) is 5.60 Å². The van der Waals surface area contributed by atoms with Crippen molar-refractivity contribution in [2.75, 3.05) is 26.2 Å². The van der Waals surface area contributed by atoms with Crippen LogP contribution < -0.4 is 0 Å². The summed E-state index contributed by atoms with van der Waals surface area (Å²) < 4.78 is 11.9. The first-order chi connectivity index (χ1) is 8.84. The zero-order valence-electron chi connectivity index (χ0n) is 13.7. The van der Waals surface area contributed by atoms with E-state index in [9.17, 15) is 0 Å². The van der Waals surface area contributed by atoms with Gasteiger partial charge in [-0.1, -0.05) is 20.8 Å². The van der Waals surface area contributed by atoms with Crippen LogP contribution in [0.5, 0.6) is 0 Å². The first kappa shape index (κ1) is 16.9. The lowest BCUT2D eigenvalue weighted by Crippen LogP contribution is -2.48. The Morgan fingerprint density at radius 1 is 1.16 bits per heavy atom. The number of nitrogens with zero attached hydrogens (tertiary/aromatic N) is 1. The molecule has 0 saturated carbocycles. The SMILES string of the molecule is CC[C@@H]1CN(C[C@@H](C)COC(C)(C)C)C[C@H](CC)O1. The molecular formula is C16H33NO2. The zero-order valence-corrected chi connectivity index (χ0v) is 13.7. The number of hydrogen-bond donors (Lipinski definition) is 0. The molecule has 19 heavy (non-hydrogen) atoms. The second-order valence-electron chi connectivity index (χ2n) is 6.94. The van der Waals surface area contributed by atoms with Crippen molar-refractivity contribution in [1.29, 1.82) is 0 Å². The van der Waals surface area contributed by atoms with Crippen LogP contribution in [0.3, 0.4) is 0 Å². The maximum Gasteiger partial charge on any atom is 0.0703 e. The monoisotopic (exact) mass is 271 g/mol. The Kier molecular flexibility index (Phi) is 6.78. The van der Waals surface area contributed by atoms with E-state index in [0.29, 0.717) is 18.1 Å². The minimum atomic E-state index is -0.0306. The smallest absolute Gasteiger partial charge is 0.0703 e. The average molecular weight is 271 g/mol. The first-order valence-corrected chi connectivity index (χ1v) is 7.85. The van der Waals surface area contributed by atoms with Crippen LogP contribution in [0.4, 0.5) is 0 Å². The molecule has 0 radical (unpaired) electrons. The fourth-order valence-electron chi connectivity index (χ4n) is 2.49. The highest BCUT2D eigenvalue weighted by Crippen LogP contribution is 2.18. The van der Waals surface area contributed by atoms with Gasteiger partial charge >= 0.3 is 0 Å². The van der Waals surface area contributed by atoms with E-state index in [1.165, 1.54) is 0 Å². The van der Waals surface area contributed by atoms with Crippen LogP contribution in [0.1, 0.15) is 54.4 Å². The van der Waals surface area contributed by atoms with E-state index in [1.54, 1.807) is 0 Å². The van der Waals surface area contributed by atoms with E-state index in [2.05, 4.69) is 46.4 Å². The molecule has 3 atom stereocenters. The molecule has 114 valence electrons. The van der Waals surface area contributed by atoms with Gasteiger partial charge in [0.15, 0.2) is 0 Å². The molecule has 1 heterocycles. The molecule has 0 N–H and O–H groups in total. The van der Waals surface area contributed by atoms with Gasteiger partial charge in [0.2, 0.25) is 0 Å². The summed E-state index contributed by atoms with van der Waals surface area (Å²) in [6.07, 6.45) is 3.04. The lowest BCUT2D eigenvalue weighted by molar-refractivity contribution is -0.0946. The van der Waals surface area contributed by atoms with Gasteiger partial charge in [-0.2, -0.15) is 0 Å². The second-order valence-corrected chi connectivity index (χ2v) is 6.94. The fourth-order valence-corrected chi connectivity index (χ4v) is 2.49. The van der Waals surface area contributed by atoms with Crippen molar-refractivity contribution >= 4 is 0 Å². The average Bonchev–Trinajstić information content (AvgIpc) is 2.35. The predicted octanol–water partition coefficient (Wildman–Crippen LogP) is 3.33. The van der Waals surface area contributed by atoms with Crippen molar-refractivity contribution in [3.8, 4) is 0 Å². The first-order valence-electron chi connectivity index (χ1n) is 7.85. The van der Waals surface area contributed by atoms with Crippen LogP contribution in [-0.4, -0.2) is 49.0 Å². The van der Waals surface area contributed by atoms with Gasteiger partial charge in [-0.25, -0.2) is 0 Å². The molecule has 1 fully saturated rings. The Labute approximate surface area is 119 Å². The van der Waals surface area contributed by atoms with Crippen molar-refractivity contribution in [2.24, 2.45) is 5.92 Å². The topological polar surface area (TPSA) is 21.7 Å². The van der Waals surface area contributed by atoms with Crippen LogP contribution >= 0.6 is 0 Å². The van der Waals surface area contributed by atoms with E-state index in [4.69, 9.17) is 9.47 Å². The van der Waals surface area contributed by atoms with E-state index in [1.807, 2.05) is 0 Å². The lowest BCUT2D eigenvalue weighted by atomic mass is 10.1. The zero-order chi connectivity index (χ0) is 14.5. The molecule has 0 aliphatic carbocycles. The van der Waals surface area contributed by atoms with Crippen LogP contribution in [0, 0.1) is 5.92 Å². The largest absolute Gasteiger partial charge is 0.376 e. The summed E-state index contributed by atoms with van der Waals surface area (Å²) in [7, 11) is 0. The molecule has 0 unspecified atom stereocenters. The molecule has 1 aliphatic heterocycles. The molecule has 1 aliphatic rings. The normalized spacial score (nSPS) is 27.5. The Balaban J connectivity index is 2.37. The highest BCUT2D eigenvalue weighted by Gasteiger charge is 2.26. The van der Waals surface area contributed by atoms with Crippen molar-refractivity contribution in [2.45, 2.75) is 72.2 Å². The summed E-state index contributed by atoms with van der Waals surface area (Å²) in [5, 5.41) is 0. The van der Waals surface area contributed by atoms with Crippen LogP contribution in [0.25, 0.3) is 0 Å². The molecule has 0 amide bonds. The highest BCUT2D eigenvalue weighted by atomic mass is 16.5. The van der Waals surface area contributed by atoms with Gasteiger partial charge in [0, 0.05) is 19.6 Å². The second kappa shape index (κ2) is 7.61. The Bertz CT molecular complexity index is 238. The molecule has 0 aromatic heterocycles. The quantitative estimate of drug-likeness (QED) is 0.739. The molecule has 3 nitrogen and oxygen atoms in total. The summed E-state index contributed by atoms with van der Waals surface area (Å²) in [6, 6.07) is 0. The third kappa shape index (κ3) is 6.73. The molecule has 1 rings (SSSR count). The Morgan fingerprint density at radius 2 is 1.68 bits per heavy atom. The van der Waals surface area contributed by atoms with Crippen molar-refractivity contribution in [3.63, 3.8) is 0 Å². The van der Waals surface area contributed by atoms with Gasteiger partial charge in [0.05, 0.1) is 24.4 Å². The van der Waals surface area contributed by atoms with E-state index in [0.717, 1.165) is 39.1 Å². The summed E-state index contributed by atoms with van der Waals surface area (Å²) in [5.41, 5.74) is -0.0306. The fraction of sp³-hybridized carbons (Fsp3) is 1.00. The number of morpholine rings is 1. The molecular weight excluding hydrogens is 238 g/mol. The summed E-state index contributed by atoms with van der Waals surface area (Å²) in [4.78, 5) is 2.56. The van der Waals surface area contributed by atoms with Gasteiger partial charge in [-0.15, -0.1) is 0 Å². The third-order valence-corrected chi connectivity index (χ3v) is 3.59. The molecule has 1 saturated heterocycles. The Morgan fingerprint density at radius 3 is 2.11 bits per heavy atom. The highest BCUT2D eigenvalue weighted by molar-refractivity contribution is 4.78. The minimum absolute atomic E-state index is 0.0306. The van der Waals surface area contributed by atoms with Crippen molar-refractivity contribution in [3.05, 3.63) is 0 Å². The van der Waals surface area contributed by atoms with Gasteiger partial charge in [-0.3, -0.25) is 4.90 Å². The number of ether oxygens (including phenoxy) is 2. The van der Waals surface area contributed by atoms with Gasteiger partial charge in [0.1, 0.15) is 0 Å². The van der Waals surface area contributed by atoms with Crippen LogP contribution in [0.15, 0.2) is 0 Å². The van der Waals surface area contributed by atoms with Crippen LogP contribution in [-0.2, 0) is 9.47 Å². The van der Waals surface area contributed by atoms with Crippen molar-refractivity contribution in [1.82, 2.24) is 4.90 Å². The van der Waals surface area contributed by atoms with Gasteiger partial charge in [-0.05, 0) is 39.5 Å². The van der Waals surface area contributed by atoms with Crippen molar-refractivity contribution < 1.29 is 9.47 Å². The minimum Gasteiger partial charge on any atom is -0.376 e. The number of hydrogen-bond acceptors (Lipinski definition) is 3. The van der Waals surface area contributed by atoms with Crippen LogP contribution in [0.2, 0.25) is 0 Å². The molecule has 0 aromatic carbocycles. The molecule has 0 spiro atoms. The maximum absolute atomic E-state index is 6.04. The van der Waals surface area contributed by atoms with E-state index >= 15 is 0 Å². The summed E-state index contributed by atoms with van der Waals surface area (Å²) in [5.74, 6) is 0.576. The molecule has 0 aromatic rings.